The fraction of sp³-hybridized carbons (Fsp3) is 0.500. The maximum atomic E-state index is 4.44. The zero-order valence-corrected chi connectivity index (χ0v) is 14.9. The molecule has 7 nitrogen and oxygen atoms in total. The molecule has 1 aliphatic rings. The van der Waals surface area contributed by atoms with Gasteiger partial charge in [0.1, 0.15) is 12.7 Å². The number of piperazine rings is 1. The van der Waals surface area contributed by atoms with Crippen LogP contribution < -0.4 is 10.2 Å². The van der Waals surface area contributed by atoms with Crippen molar-refractivity contribution in [3.05, 3.63) is 43.0 Å². The molecule has 1 aliphatic heterocycles. The molecule has 0 aliphatic carbocycles. The van der Waals surface area contributed by atoms with Crippen molar-refractivity contribution in [1.29, 1.82) is 0 Å². The van der Waals surface area contributed by atoms with Crippen LogP contribution in [0, 0.1) is 0 Å². The quantitative estimate of drug-likeness (QED) is 0.490. The topological polar surface area (TPSA) is 61.6 Å². The van der Waals surface area contributed by atoms with E-state index in [1.165, 1.54) is 5.69 Å². The third kappa shape index (κ3) is 4.95. The van der Waals surface area contributed by atoms with Crippen molar-refractivity contribution in [3.8, 4) is 0 Å². The molecule has 7 heteroatoms. The zero-order valence-electron chi connectivity index (χ0n) is 14.9. The molecule has 3 rings (SSSR count). The first-order valence-corrected chi connectivity index (χ1v) is 8.95. The molecule has 2 aromatic rings. The fourth-order valence-corrected chi connectivity index (χ4v) is 3.10. The van der Waals surface area contributed by atoms with Crippen molar-refractivity contribution < 1.29 is 0 Å². The Labute approximate surface area is 149 Å². The second kappa shape index (κ2) is 9.05. The maximum absolute atomic E-state index is 4.44. The van der Waals surface area contributed by atoms with Crippen LogP contribution in [0.1, 0.15) is 12.8 Å². The number of nitrogens with one attached hydrogen (secondary N) is 1. The molecule has 0 unspecified atom stereocenters. The highest BCUT2D eigenvalue weighted by Crippen LogP contribution is 2.15. The molecule has 0 radical (unpaired) electrons. The molecule has 0 amide bonds. The van der Waals surface area contributed by atoms with Gasteiger partial charge in [0.05, 0.1) is 0 Å². The van der Waals surface area contributed by atoms with Gasteiger partial charge in [-0.15, -0.1) is 10.2 Å². The monoisotopic (exact) mass is 341 g/mol. The summed E-state index contributed by atoms with van der Waals surface area (Å²) in [7, 11) is 1.86. The second-order valence-corrected chi connectivity index (χ2v) is 6.19. The van der Waals surface area contributed by atoms with E-state index >= 15 is 0 Å². The number of unbranched alkanes of at least 4 members (excludes halogenated alkanes) is 1. The summed E-state index contributed by atoms with van der Waals surface area (Å²) >= 11 is 0. The van der Waals surface area contributed by atoms with Crippen LogP contribution in [0.15, 0.2) is 48.0 Å². The van der Waals surface area contributed by atoms with Gasteiger partial charge < -0.3 is 19.7 Å². The Morgan fingerprint density at radius 1 is 1.04 bits per heavy atom. The summed E-state index contributed by atoms with van der Waals surface area (Å²) < 4.78 is 2.01. The lowest BCUT2D eigenvalue weighted by molar-refractivity contribution is 0.372. The standard InChI is InChI=1S/C18H27N7/c1-19-18(20-9-5-6-10-23-15-21-22-16-23)25-13-11-24(12-14-25)17-7-3-2-4-8-17/h2-4,7-8,15-16H,5-6,9-14H2,1H3,(H,19,20). The summed E-state index contributed by atoms with van der Waals surface area (Å²) in [6.45, 7) is 5.94. The minimum Gasteiger partial charge on any atom is -0.368 e. The van der Waals surface area contributed by atoms with Gasteiger partial charge in [0.25, 0.3) is 0 Å². The summed E-state index contributed by atoms with van der Waals surface area (Å²) in [6.07, 6.45) is 5.72. The number of nitrogens with zero attached hydrogens (tertiary/aromatic N) is 6. The third-order valence-corrected chi connectivity index (χ3v) is 4.51. The van der Waals surface area contributed by atoms with Gasteiger partial charge in [0, 0.05) is 52.0 Å². The molecule has 0 spiro atoms. The van der Waals surface area contributed by atoms with Crippen LogP contribution in [0.4, 0.5) is 5.69 Å². The van der Waals surface area contributed by atoms with Gasteiger partial charge in [-0.2, -0.15) is 0 Å². The molecule has 25 heavy (non-hydrogen) atoms. The molecule has 1 saturated heterocycles. The third-order valence-electron chi connectivity index (χ3n) is 4.51. The van der Waals surface area contributed by atoms with Crippen LogP contribution in [0.5, 0.6) is 0 Å². The largest absolute Gasteiger partial charge is 0.368 e. The highest BCUT2D eigenvalue weighted by Gasteiger charge is 2.19. The van der Waals surface area contributed by atoms with Crippen LogP contribution in [0.2, 0.25) is 0 Å². The summed E-state index contributed by atoms with van der Waals surface area (Å²) in [4.78, 5) is 9.22. The zero-order chi connectivity index (χ0) is 17.3. The summed E-state index contributed by atoms with van der Waals surface area (Å²) in [5.41, 5.74) is 1.30. The normalized spacial score (nSPS) is 15.5. The Kier molecular flexibility index (Phi) is 6.25. The van der Waals surface area contributed by atoms with Crippen LogP contribution in [-0.2, 0) is 6.54 Å². The van der Waals surface area contributed by atoms with E-state index in [4.69, 9.17) is 0 Å². The first-order chi connectivity index (χ1) is 12.4. The molecular formula is C18H27N7. The molecular weight excluding hydrogens is 314 g/mol. The van der Waals surface area contributed by atoms with Crippen molar-refractivity contribution in [1.82, 2.24) is 25.0 Å². The molecule has 2 heterocycles. The molecule has 0 saturated carbocycles. The Morgan fingerprint density at radius 2 is 1.76 bits per heavy atom. The van der Waals surface area contributed by atoms with Crippen LogP contribution in [0.25, 0.3) is 0 Å². The number of rotatable bonds is 6. The van der Waals surface area contributed by atoms with Crippen molar-refractivity contribution in [2.75, 3.05) is 44.7 Å². The molecule has 1 N–H and O–H groups in total. The Bertz CT molecular complexity index is 631. The van der Waals surface area contributed by atoms with E-state index in [0.717, 1.165) is 58.1 Å². The number of para-hydroxylation sites is 1. The number of hydrogen-bond donors (Lipinski definition) is 1. The van der Waals surface area contributed by atoms with Crippen molar-refractivity contribution in [2.45, 2.75) is 19.4 Å². The summed E-state index contributed by atoms with van der Waals surface area (Å²) in [5.74, 6) is 1.01. The van der Waals surface area contributed by atoms with Crippen LogP contribution in [0.3, 0.4) is 0 Å². The van der Waals surface area contributed by atoms with Crippen molar-refractivity contribution in [2.24, 2.45) is 4.99 Å². The number of guanidine groups is 1. The first-order valence-electron chi connectivity index (χ1n) is 8.95. The van der Waals surface area contributed by atoms with Gasteiger partial charge in [0.15, 0.2) is 5.96 Å². The Balaban J connectivity index is 1.37. The summed E-state index contributed by atoms with van der Waals surface area (Å²) in [6, 6.07) is 10.6. The number of benzene rings is 1. The molecule has 134 valence electrons. The minimum atomic E-state index is 0.938. The van der Waals surface area contributed by atoms with Gasteiger partial charge in [-0.25, -0.2) is 0 Å². The lowest BCUT2D eigenvalue weighted by Crippen LogP contribution is -2.52. The van der Waals surface area contributed by atoms with E-state index in [2.05, 4.69) is 60.6 Å². The van der Waals surface area contributed by atoms with E-state index in [0.29, 0.717) is 0 Å². The highest BCUT2D eigenvalue weighted by atomic mass is 15.3. The number of aromatic nitrogens is 3. The Hall–Kier alpha value is -2.57. The van der Waals surface area contributed by atoms with Crippen LogP contribution in [-0.4, -0.2) is 65.4 Å². The van der Waals surface area contributed by atoms with Crippen molar-refractivity contribution in [3.63, 3.8) is 0 Å². The second-order valence-electron chi connectivity index (χ2n) is 6.19. The van der Waals surface area contributed by atoms with E-state index < -0.39 is 0 Å². The van der Waals surface area contributed by atoms with E-state index in [1.807, 2.05) is 11.6 Å². The average molecular weight is 341 g/mol. The van der Waals surface area contributed by atoms with E-state index in [-0.39, 0.29) is 0 Å². The predicted molar refractivity (Wildman–Crippen MR) is 101 cm³/mol. The molecule has 1 aromatic heterocycles. The van der Waals surface area contributed by atoms with Gasteiger partial charge in [-0.05, 0) is 25.0 Å². The van der Waals surface area contributed by atoms with Gasteiger partial charge >= 0.3 is 0 Å². The smallest absolute Gasteiger partial charge is 0.193 e. The molecule has 1 aromatic carbocycles. The number of anilines is 1. The first kappa shape index (κ1) is 17.3. The van der Waals surface area contributed by atoms with Crippen LogP contribution >= 0.6 is 0 Å². The number of aliphatic imine (C=N–C) groups is 1. The molecule has 0 bridgehead atoms. The maximum Gasteiger partial charge on any atom is 0.193 e. The highest BCUT2D eigenvalue weighted by molar-refractivity contribution is 5.80. The van der Waals surface area contributed by atoms with Gasteiger partial charge in [-0.3, -0.25) is 4.99 Å². The lowest BCUT2D eigenvalue weighted by atomic mass is 10.2. The Morgan fingerprint density at radius 3 is 2.44 bits per heavy atom. The molecule has 0 atom stereocenters. The van der Waals surface area contributed by atoms with Gasteiger partial charge in [0.2, 0.25) is 0 Å². The molecule has 1 fully saturated rings. The van der Waals surface area contributed by atoms with E-state index in [9.17, 15) is 0 Å². The minimum absolute atomic E-state index is 0.938. The average Bonchev–Trinajstić information content (AvgIpc) is 3.19. The summed E-state index contributed by atoms with van der Waals surface area (Å²) in [5, 5.41) is 11.1. The predicted octanol–water partition coefficient (Wildman–Crippen LogP) is 1.46. The number of hydrogen-bond acceptors (Lipinski definition) is 4. The SMILES string of the molecule is CN=C(NCCCCn1cnnc1)N1CCN(c2ccccc2)CC1. The number of aryl methyl sites for hydroxylation is 1. The van der Waals surface area contributed by atoms with Crippen molar-refractivity contribution >= 4 is 11.6 Å². The lowest BCUT2D eigenvalue weighted by Gasteiger charge is -2.37. The van der Waals surface area contributed by atoms with Gasteiger partial charge in [-0.1, -0.05) is 18.2 Å². The fourth-order valence-electron chi connectivity index (χ4n) is 3.10. The van der Waals surface area contributed by atoms with E-state index in [1.54, 1.807) is 12.7 Å².